The molecule has 0 aliphatic heterocycles. The Labute approximate surface area is 82.5 Å². The molecule has 0 aliphatic rings. The minimum Gasteiger partial charge on any atom is -0.329 e. The van der Waals surface area contributed by atoms with E-state index in [0.717, 1.165) is 32.7 Å². The van der Waals surface area contributed by atoms with Crippen LogP contribution < -0.4 is 16.4 Å². The van der Waals surface area contributed by atoms with Crippen LogP contribution in [0.25, 0.3) is 0 Å². The first kappa shape index (κ1) is 12.9. The zero-order chi connectivity index (χ0) is 9.78. The van der Waals surface area contributed by atoms with Crippen LogP contribution in [0, 0.1) is 0 Å². The van der Waals surface area contributed by atoms with Crippen molar-refractivity contribution in [3.8, 4) is 0 Å². The van der Waals surface area contributed by atoms with Gasteiger partial charge in [-0.05, 0) is 13.0 Å². The molecule has 3 nitrogen and oxygen atoms in total. The van der Waals surface area contributed by atoms with Gasteiger partial charge in [-0.3, -0.25) is 0 Å². The van der Waals surface area contributed by atoms with E-state index in [1.165, 1.54) is 25.7 Å². The highest BCUT2D eigenvalue weighted by Crippen LogP contribution is 1.96. The van der Waals surface area contributed by atoms with Gasteiger partial charge in [0.05, 0.1) is 0 Å². The summed E-state index contributed by atoms with van der Waals surface area (Å²) in [6.45, 7) is 7.15. The Hall–Kier alpha value is -0.120. The summed E-state index contributed by atoms with van der Waals surface area (Å²) in [7, 11) is 0. The summed E-state index contributed by atoms with van der Waals surface area (Å²) >= 11 is 0. The maximum Gasteiger partial charge on any atom is 0.00772 e. The fourth-order valence-electron chi connectivity index (χ4n) is 1.21. The first-order chi connectivity index (χ1) is 6.41. The summed E-state index contributed by atoms with van der Waals surface area (Å²) < 4.78 is 0. The second kappa shape index (κ2) is 11.9. The van der Waals surface area contributed by atoms with E-state index < -0.39 is 0 Å². The maximum atomic E-state index is 5.34. The van der Waals surface area contributed by atoms with Crippen LogP contribution >= 0.6 is 0 Å². The molecule has 0 saturated carbocycles. The van der Waals surface area contributed by atoms with Gasteiger partial charge < -0.3 is 16.4 Å². The van der Waals surface area contributed by atoms with Crippen molar-refractivity contribution in [3.63, 3.8) is 0 Å². The molecule has 0 aromatic heterocycles. The molecule has 0 rings (SSSR count). The lowest BCUT2D eigenvalue weighted by Gasteiger charge is -2.05. The highest BCUT2D eigenvalue weighted by atomic mass is 14.9. The zero-order valence-electron chi connectivity index (χ0n) is 8.94. The summed E-state index contributed by atoms with van der Waals surface area (Å²) in [4.78, 5) is 0. The summed E-state index contributed by atoms with van der Waals surface area (Å²) in [6.07, 6.45) is 5.36. The molecule has 0 aromatic rings. The third-order valence-corrected chi connectivity index (χ3v) is 2.01. The van der Waals surface area contributed by atoms with E-state index in [1.807, 2.05) is 0 Å². The zero-order valence-corrected chi connectivity index (χ0v) is 8.94. The van der Waals surface area contributed by atoms with Gasteiger partial charge in [0.15, 0.2) is 0 Å². The van der Waals surface area contributed by atoms with Crippen LogP contribution in [0.3, 0.4) is 0 Å². The molecule has 0 fully saturated rings. The van der Waals surface area contributed by atoms with Crippen LogP contribution in [-0.2, 0) is 0 Å². The first-order valence-electron chi connectivity index (χ1n) is 5.53. The van der Waals surface area contributed by atoms with Gasteiger partial charge in [0, 0.05) is 26.2 Å². The first-order valence-corrected chi connectivity index (χ1v) is 5.53. The predicted molar refractivity (Wildman–Crippen MR) is 58.9 cm³/mol. The summed E-state index contributed by atoms with van der Waals surface area (Å²) in [5, 5.41) is 6.65. The average molecular weight is 187 g/mol. The highest BCUT2D eigenvalue weighted by Gasteiger charge is 1.88. The minimum absolute atomic E-state index is 0.733. The predicted octanol–water partition coefficient (Wildman–Crippen LogP) is 0.705. The lowest BCUT2D eigenvalue weighted by molar-refractivity contribution is 0.574. The molecule has 0 aliphatic carbocycles. The largest absolute Gasteiger partial charge is 0.329 e. The van der Waals surface area contributed by atoms with Gasteiger partial charge in [-0.1, -0.05) is 26.2 Å². The van der Waals surface area contributed by atoms with Crippen molar-refractivity contribution in [2.75, 3.05) is 32.7 Å². The van der Waals surface area contributed by atoms with Gasteiger partial charge in [0.1, 0.15) is 0 Å². The maximum absolute atomic E-state index is 5.34. The third kappa shape index (κ3) is 11.9. The summed E-state index contributed by atoms with van der Waals surface area (Å²) in [5.41, 5.74) is 5.34. The molecule has 4 N–H and O–H groups in total. The molecule has 80 valence electrons. The second-order valence-corrected chi connectivity index (χ2v) is 3.35. The van der Waals surface area contributed by atoms with E-state index in [0.29, 0.717) is 0 Å². The van der Waals surface area contributed by atoms with Crippen LogP contribution in [0.1, 0.15) is 32.6 Å². The Morgan fingerprint density at radius 1 is 0.846 bits per heavy atom. The van der Waals surface area contributed by atoms with Gasteiger partial charge in [0.25, 0.3) is 0 Å². The van der Waals surface area contributed by atoms with Crippen molar-refractivity contribution in [3.05, 3.63) is 0 Å². The number of hydrogen-bond donors (Lipinski definition) is 3. The van der Waals surface area contributed by atoms with Crippen molar-refractivity contribution in [2.24, 2.45) is 5.73 Å². The topological polar surface area (TPSA) is 50.1 Å². The fourth-order valence-corrected chi connectivity index (χ4v) is 1.21. The second-order valence-electron chi connectivity index (χ2n) is 3.35. The van der Waals surface area contributed by atoms with Crippen molar-refractivity contribution < 1.29 is 0 Å². The number of hydrogen-bond acceptors (Lipinski definition) is 3. The van der Waals surface area contributed by atoms with Gasteiger partial charge in [-0.15, -0.1) is 0 Å². The van der Waals surface area contributed by atoms with E-state index in [9.17, 15) is 0 Å². The summed E-state index contributed by atoms with van der Waals surface area (Å²) in [6, 6.07) is 0. The molecule has 0 radical (unpaired) electrons. The molecule has 0 aromatic carbocycles. The van der Waals surface area contributed by atoms with E-state index in [4.69, 9.17) is 5.73 Å². The van der Waals surface area contributed by atoms with Crippen LogP contribution in [-0.4, -0.2) is 32.7 Å². The van der Waals surface area contributed by atoms with Crippen molar-refractivity contribution in [1.82, 2.24) is 10.6 Å². The molecular formula is C10H25N3. The number of rotatable bonds is 10. The van der Waals surface area contributed by atoms with Crippen molar-refractivity contribution in [1.29, 1.82) is 0 Å². The highest BCUT2D eigenvalue weighted by molar-refractivity contribution is 4.52. The SMILES string of the molecule is CCCCCCNCCNCCN. The normalized spacial score (nSPS) is 10.6. The van der Waals surface area contributed by atoms with Gasteiger partial charge in [-0.25, -0.2) is 0 Å². The van der Waals surface area contributed by atoms with Gasteiger partial charge >= 0.3 is 0 Å². The standard InChI is InChI=1S/C10H25N3/c1-2-3-4-5-7-12-9-10-13-8-6-11/h12-13H,2-11H2,1H3. The molecule has 3 heteroatoms. The van der Waals surface area contributed by atoms with E-state index in [1.54, 1.807) is 0 Å². The Morgan fingerprint density at radius 2 is 1.54 bits per heavy atom. The quantitative estimate of drug-likeness (QED) is 0.441. The molecule has 0 atom stereocenters. The van der Waals surface area contributed by atoms with Crippen molar-refractivity contribution >= 4 is 0 Å². The number of nitrogens with two attached hydrogens (primary N) is 1. The molecule has 13 heavy (non-hydrogen) atoms. The fraction of sp³-hybridized carbons (Fsp3) is 1.00. The number of unbranched alkanes of at least 4 members (excludes halogenated alkanes) is 3. The third-order valence-electron chi connectivity index (χ3n) is 2.01. The Balaban J connectivity index is 2.76. The lowest BCUT2D eigenvalue weighted by Crippen LogP contribution is -2.31. The lowest BCUT2D eigenvalue weighted by atomic mass is 10.2. The Bertz CT molecular complexity index is 76.2. The summed E-state index contributed by atoms with van der Waals surface area (Å²) in [5.74, 6) is 0. The Kier molecular flexibility index (Phi) is 11.8. The smallest absolute Gasteiger partial charge is 0.00772 e. The van der Waals surface area contributed by atoms with Gasteiger partial charge in [0.2, 0.25) is 0 Å². The van der Waals surface area contributed by atoms with E-state index in [-0.39, 0.29) is 0 Å². The molecule has 0 saturated heterocycles. The molecule has 0 heterocycles. The van der Waals surface area contributed by atoms with E-state index in [2.05, 4.69) is 17.6 Å². The van der Waals surface area contributed by atoms with Gasteiger partial charge in [-0.2, -0.15) is 0 Å². The van der Waals surface area contributed by atoms with Crippen molar-refractivity contribution in [2.45, 2.75) is 32.6 Å². The Morgan fingerprint density at radius 3 is 2.15 bits per heavy atom. The average Bonchev–Trinajstić information content (AvgIpc) is 2.16. The van der Waals surface area contributed by atoms with E-state index >= 15 is 0 Å². The molecule has 0 bridgehead atoms. The molecule has 0 amide bonds. The minimum atomic E-state index is 0.733. The molecular weight excluding hydrogens is 162 g/mol. The molecule has 0 spiro atoms. The van der Waals surface area contributed by atoms with Crippen LogP contribution in [0.4, 0.5) is 0 Å². The monoisotopic (exact) mass is 187 g/mol. The van der Waals surface area contributed by atoms with Crippen LogP contribution in [0.15, 0.2) is 0 Å². The van der Waals surface area contributed by atoms with Crippen LogP contribution in [0.2, 0.25) is 0 Å². The molecule has 0 unspecified atom stereocenters. The number of nitrogens with one attached hydrogen (secondary N) is 2. The van der Waals surface area contributed by atoms with Crippen LogP contribution in [0.5, 0.6) is 0 Å².